The molecule has 0 radical (unpaired) electrons. The number of halogens is 4. The van der Waals surface area contributed by atoms with Gasteiger partial charge in [-0.15, -0.1) is 11.3 Å². The predicted octanol–water partition coefficient (Wildman–Crippen LogP) is 2.98. The van der Waals surface area contributed by atoms with Gasteiger partial charge in [0.1, 0.15) is 10.7 Å². The van der Waals surface area contributed by atoms with E-state index in [4.69, 9.17) is 0 Å². The molecule has 1 aliphatic heterocycles. The second-order valence-electron chi connectivity index (χ2n) is 6.58. The van der Waals surface area contributed by atoms with Crippen molar-refractivity contribution in [2.75, 3.05) is 32.5 Å². The average molecular weight is 404 g/mol. The third-order valence-corrected chi connectivity index (χ3v) is 5.07. The standard InChI is InChI=1S/C16H20F4N6S/c1-26(2)8-11-24-14(16(18,19)20)13(27-11)12-10(17)7-22-15(25-12)23-9-3-5-21-6-4-9/h7,9,21H,3-6,8H2,1-2H3,(H,22,23,25). The summed E-state index contributed by atoms with van der Waals surface area (Å²) >= 11 is 0.796. The van der Waals surface area contributed by atoms with Crippen LogP contribution in [0, 0.1) is 5.82 Å². The van der Waals surface area contributed by atoms with Crippen LogP contribution in [0.4, 0.5) is 23.5 Å². The van der Waals surface area contributed by atoms with Gasteiger partial charge in [-0.1, -0.05) is 0 Å². The number of thiazole rings is 1. The van der Waals surface area contributed by atoms with E-state index in [1.54, 1.807) is 19.0 Å². The third kappa shape index (κ3) is 4.90. The normalized spacial score (nSPS) is 16.1. The summed E-state index contributed by atoms with van der Waals surface area (Å²) < 4.78 is 54.6. The van der Waals surface area contributed by atoms with Crippen molar-refractivity contribution in [3.63, 3.8) is 0 Å². The Bertz CT molecular complexity index is 786. The molecule has 148 valence electrons. The van der Waals surface area contributed by atoms with Gasteiger partial charge >= 0.3 is 6.18 Å². The van der Waals surface area contributed by atoms with Crippen molar-refractivity contribution in [2.45, 2.75) is 31.6 Å². The monoisotopic (exact) mass is 404 g/mol. The molecule has 0 unspecified atom stereocenters. The lowest BCUT2D eigenvalue weighted by Crippen LogP contribution is -2.35. The van der Waals surface area contributed by atoms with Gasteiger partial charge in [-0.25, -0.2) is 19.3 Å². The van der Waals surface area contributed by atoms with Crippen molar-refractivity contribution < 1.29 is 17.6 Å². The maximum absolute atomic E-state index is 14.3. The Morgan fingerprint density at radius 1 is 1.26 bits per heavy atom. The van der Waals surface area contributed by atoms with Crippen LogP contribution in [0.15, 0.2) is 6.20 Å². The van der Waals surface area contributed by atoms with E-state index in [2.05, 4.69) is 25.6 Å². The van der Waals surface area contributed by atoms with Gasteiger partial charge in [-0.3, -0.25) is 0 Å². The number of alkyl halides is 3. The van der Waals surface area contributed by atoms with E-state index in [9.17, 15) is 17.6 Å². The molecule has 1 fully saturated rings. The van der Waals surface area contributed by atoms with Gasteiger partial charge in [0.2, 0.25) is 5.95 Å². The number of anilines is 1. The lowest BCUT2D eigenvalue weighted by Gasteiger charge is -2.23. The van der Waals surface area contributed by atoms with E-state index in [0.717, 1.165) is 43.5 Å². The Labute approximate surface area is 158 Å². The smallest absolute Gasteiger partial charge is 0.351 e. The predicted molar refractivity (Wildman–Crippen MR) is 95.0 cm³/mol. The summed E-state index contributed by atoms with van der Waals surface area (Å²) in [5.74, 6) is -0.787. The number of piperidine rings is 1. The average Bonchev–Trinajstić information content (AvgIpc) is 3.01. The highest BCUT2D eigenvalue weighted by Crippen LogP contribution is 2.40. The number of aromatic nitrogens is 3. The van der Waals surface area contributed by atoms with Gasteiger partial charge in [0, 0.05) is 12.6 Å². The third-order valence-electron chi connectivity index (χ3n) is 4.02. The number of rotatable bonds is 5. The fourth-order valence-electron chi connectivity index (χ4n) is 2.80. The molecule has 2 aromatic rings. The van der Waals surface area contributed by atoms with Crippen LogP contribution in [0.5, 0.6) is 0 Å². The van der Waals surface area contributed by atoms with E-state index in [0.29, 0.717) is 0 Å². The van der Waals surface area contributed by atoms with Gasteiger partial charge in [-0.2, -0.15) is 13.2 Å². The first-order chi connectivity index (χ1) is 12.7. The molecular weight excluding hydrogens is 384 g/mol. The molecule has 2 N–H and O–H groups in total. The van der Waals surface area contributed by atoms with Crippen LogP contribution in [0.25, 0.3) is 10.6 Å². The largest absolute Gasteiger partial charge is 0.434 e. The molecule has 0 saturated carbocycles. The molecule has 0 aromatic carbocycles. The second kappa shape index (κ2) is 8.03. The minimum absolute atomic E-state index is 0.0948. The van der Waals surface area contributed by atoms with Crippen molar-refractivity contribution in [1.82, 2.24) is 25.2 Å². The first kappa shape index (κ1) is 19.9. The zero-order valence-electron chi connectivity index (χ0n) is 14.9. The minimum Gasteiger partial charge on any atom is -0.351 e. The lowest BCUT2D eigenvalue weighted by atomic mass is 10.1. The van der Waals surface area contributed by atoms with E-state index in [1.807, 2.05) is 0 Å². The molecular formula is C16H20F4N6S. The summed E-state index contributed by atoms with van der Waals surface area (Å²) in [6, 6.07) is 0.0948. The van der Waals surface area contributed by atoms with Crippen LogP contribution in [-0.4, -0.2) is 53.1 Å². The molecule has 0 atom stereocenters. The Morgan fingerprint density at radius 3 is 2.59 bits per heavy atom. The first-order valence-corrected chi connectivity index (χ1v) is 9.27. The highest BCUT2D eigenvalue weighted by molar-refractivity contribution is 7.15. The van der Waals surface area contributed by atoms with E-state index < -0.39 is 17.7 Å². The fraction of sp³-hybridized carbons (Fsp3) is 0.562. The zero-order chi connectivity index (χ0) is 19.6. The topological polar surface area (TPSA) is 66.0 Å². The summed E-state index contributed by atoms with van der Waals surface area (Å²) in [6.07, 6.45) is -2.14. The Morgan fingerprint density at radius 2 is 1.96 bits per heavy atom. The van der Waals surface area contributed by atoms with Gasteiger partial charge in [0.25, 0.3) is 0 Å². The molecule has 1 aliphatic rings. The molecule has 0 spiro atoms. The zero-order valence-corrected chi connectivity index (χ0v) is 15.7. The summed E-state index contributed by atoms with van der Waals surface area (Å²) in [7, 11) is 3.45. The summed E-state index contributed by atoms with van der Waals surface area (Å²) in [5.41, 5.74) is -1.49. The van der Waals surface area contributed by atoms with Crippen molar-refractivity contribution in [1.29, 1.82) is 0 Å². The molecule has 3 heterocycles. The van der Waals surface area contributed by atoms with Crippen LogP contribution >= 0.6 is 11.3 Å². The molecule has 11 heteroatoms. The summed E-state index contributed by atoms with van der Waals surface area (Å²) in [4.78, 5) is 13.0. The highest BCUT2D eigenvalue weighted by atomic mass is 32.1. The van der Waals surface area contributed by atoms with Crippen LogP contribution < -0.4 is 10.6 Å². The summed E-state index contributed by atoms with van der Waals surface area (Å²) in [5, 5.41) is 6.54. The molecule has 1 saturated heterocycles. The van der Waals surface area contributed by atoms with E-state index in [-0.39, 0.29) is 34.1 Å². The van der Waals surface area contributed by atoms with Crippen LogP contribution in [0.3, 0.4) is 0 Å². The Kier molecular flexibility index (Phi) is 5.92. The van der Waals surface area contributed by atoms with Crippen molar-refractivity contribution in [3.8, 4) is 10.6 Å². The molecule has 0 amide bonds. The molecule has 27 heavy (non-hydrogen) atoms. The van der Waals surface area contributed by atoms with E-state index in [1.165, 1.54) is 0 Å². The van der Waals surface area contributed by atoms with Crippen molar-refractivity contribution >= 4 is 17.3 Å². The summed E-state index contributed by atoms with van der Waals surface area (Å²) in [6.45, 7) is 1.87. The number of nitrogens with one attached hydrogen (secondary N) is 2. The molecule has 3 rings (SSSR count). The van der Waals surface area contributed by atoms with Gasteiger partial charge in [0.15, 0.2) is 11.5 Å². The van der Waals surface area contributed by atoms with Gasteiger partial charge < -0.3 is 15.5 Å². The SMILES string of the molecule is CN(C)Cc1nc(C(F)(F)F)c(-c2nc(NC3CCNCC3)ncc2F)s1. The van der Waals surface area contributed by atoms with Gasteiger partial charge in [0.05, 0.1) is 11.1 Å². The maximum Gasteiger partial charge on any atom is 0.434 e. The van der Waals surface area contributed by atoms with Crippen LogP contribution in [-0.2, 0) is 12.7 Å². The fourth-order valence-corrected chi connectivity index (χ4v) is 3.99. The lowest BCUT2D eigenvalue weighted by molar-refractivity contribution is -0.140. The number of hydrogen-bond acceptors (Lipinski definition) is 7. The number of hydrogen-bond donors (Lipinski definition) is 2. The first-order valence-electron chi connectivity index (χ1n) is 8.46. The van der Waals surface area contributed by atoms with Gasteiger partial charge in [-0.05, 0) is 40.0 Å². The maximum atomic E-state index is 14.3. The number of nitrogens with zero attached hydrogens (tertiary/aromatic N) is 4. The Balaban J connectivity index is 1.96. The molecule has 0 aliphatic carbocycles. The molecule has 0 bridgehead atoms. The van der Waals surface area contributed by atoms with Crippen molar-refractivity contribution in [2.24, 2.45) is 0 Å². The second-order valence-corrected chi connectivity index (χ2v) is 7.66. The van der Waals surface area contributed by atoms with E-state index >= 15 is 0 Å². The highest BCUT2D eigenvalue weighted by Gasteiger charge is 2.39. The quantitative estimate of drug-likeness (QED) is 0.747. The van der Waals surface area contributed by atoms with Crippen molar-refractivity contribution in [3.05, 3.63) is 22.7 Å². The molecule has 2 aromatic heterocycles. The minimum atomic E-state index is -4.70. The Hall–Kier alpha value is -1.85. The van der Waals surface area contributed by atoms with Crippen LogP contribution in [0.2, 0.25) is 0 Å². The molecule has 6 nitrogen and oxygen atoms in total. The van der Waals surface area contributed by atoms with Crippen LogP contribution in [0.1, 0.15) is 23.5 Å².